The molecule has 0 spiro atoms. The zero-order valence-electron chi connectivity index (χ0n) is 13.5. The van der Waals surface area contributed by atoms with Crippen molar-refractivity contribution in [1.82, 2.24) is 0 Å². The van der Waals surface area contributed by atoms with Crippen LogP contribution in [0.25, 0.3) is 0 Å². The van der Waals surface area contributed by atoms with Crippen LogP contribution in [0, 0.1) is 13.8 Å². The van der Waals surface area contributed by atoms with Gasteiger partial charge in [0.1, 0.15) is 12.4 Å². The summed E-state index contributed by atoms with van der Waals surface area (Å²) >= 11 is 3.43. The fraction of sp³-hybridized carbons (Fsp3) is 0.278. The molecule has 0 aliphatic heterocycles. The Labute approximate surface area is 144 Å². The predicted octanol–water partition coefficient (Wildman–Crippen LogP) is 4.34. The normalized spacial score (nSPS) is 10.4. The average Bonchev–Trinajstić information content (AvgIpc) is 2.52. The van der Waals surface area contributed by atoms with E-state index in [2.05, 4.69) is 21.2 Å². The van der Waals surface area contributed by atoms with Gasteiger partial charge in [0.25, 0.3) is 5.91 Å². The monoisotopic (exact) mass is 377 g/mol. The van der Waals surface area contributed by atoms with Crippen molar-refractivity contribution in [2.24, 2.45) is 0 Å². The summed E-state index contributed by atoms with van der Waals surface area (Å²) < 4.78 is 11.2. The Bertz CT molecular complexity index is 701. The van der Waals surface area contributed by atoms with Crippen LogP contribution in [0.3, 0.4) is 0 Å². The lowest BCUT2D eigenvalue weighted by molar-refractivity contribution is 0.102. The molecule has 0 saturated carbocycles. The zero-order valence-corrected chi connectivity index (χ0v) is 15.1. The van der Waals surface area contributed by atoms with E-state index in [0.717, 1.165) is 15.7 Å². The Balaban J connectivity index is 2.07. The molecule has 2 aromatic carbocycles. The summed E-state index contributed by atoms with van der Waals surface area (Å²) in [7, 11) is 1.62. The molecule has 1 amide bonds. The van der Waals surface area contributed by atoms with Crippen LogP contribution in [0.5, 0.6) is 5.75 Å². The second kappa shape index (κ2) is 8.13. The van der Waals surface area contributed by atoms with Gasteiger partial charge < -0.3 is 14.8 Å². The van der Waals surface area contributed by atoms with E-state index in [1.165, 1.54) is 5.56 Å². The fourth-order valence-corrected chi connectivity index (χ4v) is 2.51. The molecule has 0 saturated heterocycles. The third kappa shape index (κ3) is 4.81. The van der Waals surface area contributed by atoms with Gasteiger partial charge in [0, 0.05) is 18.4 Å². The number of hydrogen-bond donors (Lipinski definition) is 1. The molecule has 0 aliphatic rings. The summed E-state index contributed by atoms with van der Waals surface area (Å²) in [4.78, 5) is 12.3. The Morgan fingerprint density at radius 2 is 1.87 bits per heavy atom. The minimum atomic E-state index is -0.155. The maximum Gasteiger partial charge on any atom is 0.255 e. The number of nitrogens with one attached hydrogen (secondary N) is 1. The van der Waals surface area contributed by atoms with Crippen LogP contribution in [0.2, 0.25) is 0 Å². The Morgan fingerprint density at radius 3 is 2.52 bits per heavy atom. The lowest BCUT2D eigenvalue weighted by Crippen LogP contribution is -2.12. The van der Waals surface area contributed by atoms with Crippen LogP contribution in [-0.2, 0) is 4.74 Å². The molecule has 1 N–H and O–H groups in total. The highest BCUT2D eigenvalue weighted by Crippen LogP contribution is 2.26. The molecule has 2 rings (SSSR count). The third-order valence-electron chi connectivity index (χ3n) is 3.50. The van der Waals surface area contributed by atoms with E-state index in [-0.39, 0.29) is 5.91 Å². The van der Waals surface area contributed by atoms with Gasteiger partial charge >= 0.3 is 0 Å². The van der Waals surface area contributed by atoms with Gasteiger partial charge in [-0.1, -0.05) is 6.07 Å². The van der Waals surface area contributed by atoms with Gasteiger partial charge in [0.15, 0.2) is 0 Å². The lowest BCUT2D eigenvalue weighted by Gasteiger charge is -2.10. The van der Waals surface area contributed by atoms with Gasteiger partial charge in [-0.25, -0.2) is 0 Å². The second-order valence-electron chi connectivity index (χ2n) is 5.24. The van der Waals surface area contributed by atoms with Crippen molar-refractivity contribution in [1.29, 1.82) is 0 Å². The van der Waals surface area contributed by atoms with E-state index >= 15 is 0 Å². The van der Waals surface area contributed by atoms with E-state index < -0.39 is 0 Å². The first-order chi connectivity index (χ1) is 11.0. The molecule has 0 bridgehead atoms. The number of benzene rings is 2. The van der Waals surface area contributed by atoms with E-state index in [1.54, 1.807) is 25.3 Å². The molecule has 0 unspecified atom stereocenters. The van der Waals surface area contributed by atoms with Gasteiger partial charge in [-0.2, -0.15) is 0 Å². The van der Waals surface area contributed by atoms with E-state index in [9.17, 15) is 4.79 Å². The highest BCUT2D eigenvalue weighted by atomic mass is 79.9. The van der Waals surface area contributed by atoms with Crippen molar-refractivity contribution in [3.63, 3.8) is 0 Å². The maximum absolute atomic E-state index is 12.3. The number of methoxy groups -OCH3 is 1. The number of rotatable bonds is 6. The SMILES string of the molecule is COCCOc1ccc(C(=O)Nc2ccc(C)c(C)c2)cc1Br. The molecule has 0 aromatic heterocycles. The van der Waals surface area contributed by atoms with Crippen molar-refractivity contribution >= 4 is 27.5 Å². The van der Waals surface area contributed by atoms with Crippen LogP contribution in [0.1, 0.15) is 21.5 Å². The van der Waals surface area contributed by atoms with Gasteiger partial charge in [-0.3, -0.25) is 4.79 Å². The number of carbonyl (C=O) groups excluding carboxylic acids is 1. The summed E-state index contributed by atoms with van der Waals surface area (Å²) in [5.41, 5.74) is 3.69. The summed E-state index contributed by atoms with van der Waals surface area (Å²) in [6.07, 6.45) is 0. The van der Waals surface area contributed by atoms with Crippen LogP contribution in [-0.4, -0.2) is 26.2 Å². The molecule has 0 atom stereocenters. The van der Waals surface area contributed by atoms with Crippen molar-refractivity contribution in [3.05, 3.63) is 57.6 Å². The second-order valence-corrected chi connectivity index (χ2v) is 6.09. The van der Waals surface area contributed by atoms with Crippen molar-refractivity contribution in [2.75, 3.05) is 25.6 Å². The standard InChI is InChI=1S/C18H20BrNO3/c1-12-4-6-15(10-13(12)2)20-18(21)14-5-7-17(16(19)11-14)23-9-8-22-3/h4-7,10-11H,8-9H2,1-3H3,(H,20,21). The van der Waals surface area contributed by atoms with Crippen LogP contribution < -0.4 is 10.1 Å². The number of amides is 1. The third-order valence-corrected chi connectivity index (χ3v) is 4.12. The summed E-state index contributed by atoms with van der Waals surface area (Å²) in [5.74, 6) is 0.530. The highest BCUT2D eigenvalue weighted by Gasteiger charge is 2.10. The van der Waals surface area contributed by atoms with Gasteiger partial charge in [-0.05, 0) is 71.2 Å². The summed E-state index contributed by atoms with van der Waals surface area (Å²) in [5, 5.41) is 2.90. The molecular formula is C18H20BrNO3. The van der Waals surface area contributed by atoms with Crippen LogP contribution in [0.4, 0.5) is 5.69 Å². The van der Waals surface area contributed by atoms with E-state index in [1.807, 2.05) is 32.0 Å². The Hall–Kier alpha value is -1.85. The molecule has 0 heterocycles. The van der Waals surface area contributed by atoms with Gasteiger partial charge in [0.2, 0.25) is 0 Å². The first-order valence-electron chi connectivity index (χ1n) is 7.31. The number of ether oxygens (including phenoxy) is 2. The largest absolute Gasteiger partial charge is 0.490 e. The van der Waals surface area contributed by atoms with Crippen molar-refractivity contribution < 1.29 is 14.3 Å². The Morgan fingerprint density at radius 1 is 1.09 bits per heavy atom. The minimum Gasteiger partial charge on any atom is -0.490 e. The number of hydrogen-bond acceptors (Lipinski definition) is 3. The summed E-state index contributed by atoms with van der Waals surface area (Å²) in [6, 6.07) is 11.1. The molecule has 0 radical (unpaired) electrons. The smallest absolute Gasteiger partial charge is 0.255 e. The Kier molecular flexibility index (Phi) is 6.19. The van der Waals surface area contributed by atoms with Crippen molar-refractivity contribution in [3.8, 4) is 5.75 Å². The highest BCUT2D eigenvalue weighted by molar-refractivity contribution is 9.10. The molecule has 23 heavy (non-hydrogen) atoms. The van der Waals surface area contributed by atoms with Crippen LogP contribution in [0.15, 0.2) is 40.9 Å². The molecule has 5 heteroatoms. The number of halogens is 1. The first kappa shape index (κ1) is 17.5. The topological polar surface area (TPSA) is 47.6 Å². The molecule has 122 valence electrons. The molecular weight excluding hydrogens is 358 g/mol. The predicted molar refractivity (Wildman–Crippen MR) is 95.4 cm³/mol. The molecule has 2 aromatic rings. The number of anilines is 1. The van der Waals surface area contributed by atoms with Gasteiger partial charge in [-0.15, -0.1) is 0 Å². The number of carbonyl (C=O) groups is 1. The summed E-state index contributed by atoms with van der Waals surface area (Å²) in [6.45, 7) is 5.04. The van der Waals surface area contributed by atoms with E-state index in [4.69, 9.17) is 9.47 Å². The molecule has 0 aliphatic carbocycles. The number of aryl methyl sites for hydroxylation is 2. The zero-order chi connectivity index (χ0) is 16.8. The minimum absolute atomic E-state index is 0.155. The average molecular weight is 378 g/mol. The first-order valence-corrected chi connectivity index (χ1v) is 8.10. The lowest BCUT2D eigenvalue weighted by atomic mass is 10.1. The molecule has 0 fully saturated rings. The quantitative estimate of drug-likeness (QED) is 0.761. The molecule has 4 nitrogen and oxygen atoms in total. The fourth-order valence-electron chi connectivity index (χ4n) is 2.02. The van der Waals surface area contributed by atoms with E-state index in [0.29, 0.717) is 24.5 Å². The van der Waals surface area contributed by atoms with Crippen LogP contribution >= 0.6 is 15.9 Å². The maximum atomic E-state index is 12.3. The van der Waals surface area contributed by atoms with Gasteiger partial charge in [0.05, 0.1) is 11.1 Å². The van der Waals surface area contributed by atoms with Crippen molar-refractivity contribution in [2.45, 2.75) is 13.8 Å².